The zero-order valence-corrected chi connectivity index (χ0v) is 7.58. The van der Waals surface area contributed by atoms with Crippen molar-refractivity contribution >= 4 is 17.5 Å². The number of rotatable bonds is 3. The summed E-state index contributed by atoms with van der Waals surface area (Å²) in [6.07, 6.45) is 2.81. The van der Waals surface area contributed by atoms with Crippen molar-refractivity contribution in [2.45, 2.75) is 0 Å². The molecule has 1 amide bonds. The molecule has 0 aliphatic heterocycles. The molecular formula is C8H8ClN3O. The minimum Gasteiger partial charge on any atom is -0.346 e. The smallest absolute Gasteiger partial charge is 0.270 e. The number of amides is 1. The van der Waals surface area contributed by atoms with Gasteiger partial charge in [0, 0.05) is 11.2 Å². The first-order valence-electron chi connectivity index (χ1n) is 3.57. The molecule has 1 heterocycles. The Morgan fingerprint density at radius 1 is 1.69 bits per heavy atom. The fraction of sp³-hybridized carbons (Fsp3) is 0.125. The molecule has 0 saturated carbocycles. The SMILES string of the molecule is C=C(Cl)CNC(=O)c1ccncn1. The van der Waals surface area contributed by atoms with E-state index in [0.717, 1.165) is 0 Å². The average Bonchev–Trinajstić information content (AvgIpc) is 2.15. The van der Waals surface area contributed by atoms with E-state index in [1.165, 1.54) is 18.6 Å². The molecule has 0 aliphatic carbocycles. The lowest BCUT2D eigenvalue weighted by atomic mass is 10.4. The third-order valence-corrected chi connectivity index (χ3v) is 1.39. The summed E-state index contributed by atoms with van der Waals surface area (Å²) in [5.41, 5.74) is 0.313. The number of hydrogen-bond acceptors (Lipinski definition) is 3. The van der Waals surface area contributed by atoms with Gasteiger partial charge in [0.2, 0.25) is 0 Å². The second-order valence-corrected chi connectivity index (χ2v) is 2.83. The Kier molecular flexibility index (Phi) is 3.40. The van der Waals surface area contributed by atoms with Crippen LogP contribution >= 0.6 is 11.6 Å². The Morgan fingerprint density at radius 3 is 3.00 bits per heavy atom. The summed E-state index contributed by atoms with van der Waals surface area (Å²) in [5.74, 6) is -0.288. The van der Waals surface area contributed by atoms with Gasteiger partial charge in [0.1, 0.15) is 12.0 Å². The molecular weight excluding hydrogens is 190 g/mol. The first kappa shape index (κ1) is 9.67. The summed E-state index contributed by atoms with van der Waals surface area (Å²) in [7, 11) is 0. The minimum atomic E-state index is -0.288. The maximum atomic E-state index is 11.2. The Labute approximate surface area is 80.7 Å². The molecule has 68 valence electrons. The van der Waals surface area contributed by atoms with Crippen molar-refractivity contribution in [1.82, 2.24) is 15.3 Å². The molecule has 1 aromatic rings. The van der Waals surface area contributed by atoms with E-state index in [2.05, 4.69) is 21.9 Å². The molecule has 5 heteroatoms. The highest BCUT2D eigenvalue weighted by molar-refractivity contribution is 6.29. The minimum absolute atomic E-state index is 0.240. The lowest BCUT2D eigenvalue weighted by Gasteiger charge is -2.01. The van der Waals surface area contributed by atoms with E-state index in [1.807, 2.05) is 0 Å². The van der Waals surface area contributed by atoms with Crippen LogP contribution in [0.4, 0.5) is 0 Å². The Bertz CT molecular complexity index is 312. The van der Waals surface area contributed by atoms with E-state index in [9.17, 15) is 4.79 Å². The van der Waals surface area contributed by atoms with Crippen LogP contribution in [0, 0.1) is 0 Å². The van der Waals surface area contributed by atoms with Gasteiger partial charge in [0.25, 0.3) is 5.91 Å². The average molecular weight is 198 g/mol. The first-order valence-corrected chi connectivity index (χ1v) is 3.95. The molecule has 0 bridgehead atoms. The Hall–Kier alpha value is -1.42. The number of hydrogen-bond donors (Lipinski definition) is 1. The van der Waals surface area contributed by atoms with Gasteiger partial charge in [-0.3, -0.25) is 4.79 Å². The summed E-state index contributed by atoms with van der Waals surface area (Å²) in [4.78, 5) is 18.7. The van der Waals surface area contributed by atoms with Crippen molar-refractivity contribution in [3.05, 3.63) is 35.9 Å². The van der Waals surface area contributed by atoms with Gasteiger partial charge in [0.05, 0.1) is 6.54 Å². The van der Waals surface area contributed by atoms with Crippen LogP contribution in [0.5, 0.6) is 0 Å². The van der Waals surface area contributed by atoms with E-state index < -0.39 is 0 Å². The van der Waals surface area contributed by atoms with Crippen LogP contribution in [0.3, 0.4) is 0 Å². The lowest BCUT2D eigenvalue weighted by Crippen LogP contribution is -2.25. The number of halogens is 1. The molecule has 0 unspecified atom stereocenters. The molecule has 0 saturated heterocycles. The highest BCUT2D eigenvalue weighted by Crippen LogP contribution is 1.95. The molecule has 0 spiro atoms. The second kappa shape index (κ2) is 4.57. The molecule has 0 aromatic carbocycles. The van der Waals surface area contributed by atoms with E-state index >= 15 is 0 Å². The normalized spacial score (nSPS) is 9.31. The third kappa shape index (κ3) is 3.21. The van der Waals surface area contributed by atoms with Crippen LogP contribution in [0.25, 0.3) is 0 Å². The summed E-state index contributed by atoms with van der Waals surface area (Å²) < 4.78 is 0. The molecule has 1 rings (SSSR count). The zero-order chi connectivity index (χ0) is 9.68. The van der Waals surface area contributed by atoms with Gasteiger partial charge in [-0.25, -0.2) is 9.97 Å². The second-order valence-electron chi connectivity index (χ2n) is 2.29. The van der Waals surface area contributed by atoms with Crippen LogP contribution in [0.15, 0.2) is 30.2 Å². The monoisotopic (exact) mass is 197 g/mol. The van der Waals surface area contributed by atoms with Gasteiger partial charge in [-0.2, -0.15) is 0 Å². The Morgan fingerprint density at radius 2 is 2.46 bits per heavy atom. The predicted octanol–water partition coefficient (Wildman–Crippen LogP) is 0.959. The number of carbonyl (C=O) groups is 1. The third-order valence-electron chi connectivity index (χ3n) is 1.26. The standard InChI is InChI=1S/C8H8ClN3O/c1-6(9)4-11-8(13)7-2-3-10-5-12-7/h2-3,5H,1,4H2,(H,11,13). The molecule has 1 aromatic heterocycles. The molecule has 0 aliphatic rings. The fourth-order valence-electron chi connectivity index (χ4n) is 0.692. The maximum Gasteiger partial charge on any atom is 0.270 e. The van der Waals surface area contributed by atoms with Gasteiger partial charge in [-0.1, -0.05) is 18.2 Å². The summed E-state index contributed by atoms with van der Waals surface area (Å²) >= 11 is 5.47. The largest absolute Gasteiger partial charge is 0.346 e. The van der Waals surface area contributed by atoms with Crippen LogP contribution in [-0.4, -0.2) is 22.4 Å². The summed E-state index contributed by atoms with van der Waals surface area (Å²) in [5, 5.41) is 2.91. The number of nitrogens with one attached hydrogen (secondary N) is 1. The molecule has 13 heavy (non-hydrogen) atoms. The van der Waals surface area contributed by atoms with E-state index in [-0.39, 0.29) is 12.5 Å². The first-order chi connectivity index (χ1) is 6.20. The molecule has 4 nitrogen and oxygen atoms in total. The van der Waals surface area contributed by atoms with Crippen LogP contribution in [0.2, 0.25) is 0 Å². The Balaban J connectivity index is 2.54. The van der Waals surface area contributed by atoms with Gasteiger partial charge in [-0.15, -0.1) is 0 Å². The summed E-state index contributed by atoms with van der Waals surface area (Å²) in [6, 6.07) is 1.52. The molecule has 0 radical (unpaired) electrons. The van der Waals surface area contributed by atoms with E-state index in [4.69, 9.17) is 11.6 Å². The van der Waals surface area contributed by atoms with Crippen LogP contribution < -0.4 is 5.32 Å². The molecule has 0 fully saturated rings. The van der Waals surface area contributed by atoms with Crippen molar-refractivity contribution in [3.8, 4) is 0 Å². The highest BCUT2D eigenvalue weighted by Gasteiger charge is 2.04. The lowest BCUT2D eigenvalue weighted by molar-refractivity contribution is 0.0952. The van der Waals surface area contributed by atoms with Crippen molar-refractivity contribution in [2.24, 2.45) is 0 Å². The molecule has 0 atom stereocenters. The van der Waals surface area contributed by atoms with Gasteiger partial charge in [0.15, 0.2) is 0 Å². The van der Waals surface area contributed by atoms with Gasteiger partial charge >= 0.3 is 0 Å². The van der Waals surface area contributed by atoms with E-state index in [1.54, 1.807) is 0 Å². The highest BCUT2D eigenvalue weighted by atomic mass is 35.5. The van der Waals surface area contributed by atoms with Crippen molar-refractivity contribution < 1.29 is 4.79 Å². The maximum absolute atomic E-state index is 11.2. The summed E-state index contributed by atoms with van der Waals surface area (Å²) in [6.45, 7) is 3.68. The van der Waals surface area contributed by atoms with Gasteiger partial charge < -0.3 is 5.32 Å². The zero-order valence-electron chi connectivity index (χ0n) is 6.83. The van der Waals surface area contributed by atoms with Crippen molar-refractivity contribution in [2.75, 3.05) is 6.54 Å². The van der Waals surface area contributed by atoms with Crippen molar-refractivity contribution in [3.63, 3.8) is 0 Å². The quantitative estimate of drug-likeness (QED) is 0.785. The number of nitrogens with zero attached hydrogens (tertiary/aromatic N) is 2. The van der Waals surface area contributed by atoms with Crippen LogP contribution in [-0.2, 0) is 0 Å². The fourth-order valence-corrected chi connectivity index (χ4v) is 0.759. The topological polar surface area (TPSA) is 54.9 Å². The van der Waals surface area contributed by atoms with Gasteiger partial charge in [-0.05, 0) is 6.07 Å². The predicted molar refractivity (Wildman–Crippen MR) is 49.4 cm³/mol. The number of aromatic nitrogens is 2. The number of carbonyl (C=O) groups excluding carboxylic acids is 1. The van der Waals surface area contributed by atoms with Crippen LogP contribution in [0.1, 0.15) is 10.5 Å². The van der Waals surface area contributed by atoms with Crippen molar-refractivity contribution in [1.29, 1.82) is 0 Å². The van der Waals surface area contributed by atoms with E-state index in [0.29, 0.717) is 10.7 Å². The molecule has 1 N–H and O–H groups in total.